The second kappa shape index (κ2) is 7.72. The third kappa shape index (κ3) is 3.43. The number of ketones is 2. The first-order chi connectivity index (χ1) is 15.0. The van der Waals surface area contributed by atoms with Crippen LogP contribution in [0.2, 0.25) is 0 Å². The standard InChI is InChI=1S/C23H15N3O3S2/c1-12(31-23-17-8-9-30-22(17)24-11-25-23)21(29)26-13-6-7-16-18(10-13)20(28)15-5-3-2-4-14(15)19(16)27/h2-12H,1H3,(H,26,29)/t12-/m0/s1. The van der Waals surface area contributed by atoms with Gasteiger partial charge in [0, 0.05) is 33.3 Å². The fourth-order valence-corrected chi connectivity index (χ4v) is 5.20. The first kappa shape index (κ1) is 19.6. The number of nitrogens with one attached hydrogen (secondary N) is 1. The lowest BCUT2D eigenvalue weighted by Crippen LogP contribution is -2.24. The highest BCUT2D eigenvalue weighted by molar-refractivity contribution is 8.00. The van der Waals surface area contributed by atoms with Crippen molar-refractivity contribution in [1.29, 1.82) is 0 Å². The zero-order valence-corrected chi connectivity index (χ0v) is 17.9. The van der Waals surface area contributed by atoms with E-state index in [2.05, 4.69) is 15.3 Å². The topological polar surface area (TPSA) is 89.0 Å². The molecule has 0 unspecified atom stereocenters. The average Bonchev–Trinajstić information content (AvgIpc) is 3.27. The van der Waals surface area contributed by atoms with E-state index < -0.39 is 5.25 Å². The molecule has 0 saturated heterocycles. The second-order valence-electron chi connectivity index (χ2n) is 7.03. The maximum atomic E-state index is 12.9. The Labute approximate surface area is 185 Å². The molecule has 1 aliphatic carbocycles. The molecule has 1 amide bonds. The smallest absolute Gasteiger partial charge is 0.237 e. The molecule has 4 aromatic rings. The second-order valence-corrected chi connectivity index (χ2v) is 9.26. The SMILES string of the molecule is C[C@H](Sc1ncnc2sccc12)C(=O)Nc1ccc2c(c1)C(=O)c1ccccc1C2=O. The number of anilines is 1. The Kier molecular flexibility index (Phi) is 4.88. The van der Waals surface area contributed by atoms with Crippen molar-refractivity contribution in [3.05, 3.63) is 82.5 Å². The highest BCUT2D eigenvalue weighted by Gasteiger charge is 2.29. The molecule has 0 aliphatic heterocycles. The van der Waals surface area contributed by atoms with Crippen molar-refractivity contribution >= 4 is 56.5 Å². The van der Waals surface area contributed by atoms with Crippen LogP contribution in [0, 0.1) is 0 Å². The fourth-order valence-electron chi connectivity index (χ4n) is 3.50. The molecule has 31 heavy (non-hydrogen) atoms. The lowest BCUT2D eigenvalue weighted by Gasteiger charge is -2.18. The normalized spacial score (nSPS) is 13.6. The van der Waals surface area contributed by atoms with E-state index in [0.717, 1.165) is 15.2 Å². The van der Waals surface area contributed by atoms with E-state index in [4.69, 9.17) is 0 Å². The van der Waals surface area contributed by atoms with Gasteiger partial charge in [0.15, 0.2) is 11.6 Å². The van der Waals surface area contributed by atoms with Crippen molar-refractivity contribution in [3.63, 3.8) is 0 Å². The maximum Gasteiger partial charge on any atom is 0.237 e. The van der Waals surface area contributed by atoms with Gasteiger partial charge in [-0.1, -0.05) is 36.0 Å². The number of thiophene rings is 1. The molecule has 152 valence electrons. The van der Waals surface area contributed by atoms with Crippen LogP contribution in [0.4, 0.5) is 5.69 Å². The number of nitrogens with zero attached hydrogens (tertiary/aromatic N) is 2. The van der Waals surface area contributed by atoms with Crippen LogP contribution < -0.4 is 5.32 Å². The summed E-state index contributed by atoms with van der Waals surface area (Å²) in [6.45, 7) is 1.80. The number of hydrogen-bond acceptors (Lipinski definition) is 7. The van der Waals surface area contributed by atoms with Gasteiger partial charge < -0.3 is 5.32 Å². The largest absolute Gasteiger partial charge is 0.325 e. The molecule has 0 fully saturated rings. The lowest BCUT2D eigenvalue weighted by molar-refractivity contribution is -0.115. The predicted molar refractivity (Wildman–Crippen MR) is 121 cm³/mol. The van der Waals surface area contributed by atoms with E-state index in [1.165, 1.54) is 29.4 Å². The first-order valence-electron chi connectivity index (χ1n) is 9.51. The summed E-state index contributed by atoms with van der Waals surface area (Å²) in [5.74, 6) is -0.623. The van der Waals surface area contributed by atoms with Gasteiger partial charge in [-0.3, -0.25) is 14.4 Å². The number of carbonyl (C=O) groups excluding carboxylic acids is 3. The lowest BCUT2D eigenvalue weighted by atomic mass is 9.84. The van der Waals surface area contributed by atoms with Crippen molar-refractivity contribution in [1.82, 2.24) is 9.97 Å². The molecule has 2 aromatic carbocycles. The molecule has 8 heteroatoms. The maximum absolute atomic E-state index is 12.9. The Bertz CT molecular complexity index is 1380. The van der Waals surface area contributed by atoms with Crippen LogP contribution in [-0.4, -0.2) is 32.7 Å². The van der Waals surface area contributed by atoms with Crippen LogP contribution in [0.15, 0.2) is 65.3 Å². The number of thioether (sulfide) groups is 1. The van der Waals surface area contributed by atoms with Gasteiger partial charge in [-0.25, -0.2) is 9.97 Å². The Morgan fingerprint density at radius 3 is 2.45 bits per heavy atom. The highest BCUT2D eigenvalue weighted by Crippen LogP contribution is 2.32. The third-order valence-corrected chi connectivity index (χ3v) is 7.01. The summed E-state index contributed by atoms with van der Waals surface area (Å²) in [5.41, 5.74) is 1.92. The Balaban J connectivity index is 1.37. The number of benzene rings is 2. The van der Waals surface area contributed by atoms with Gasteiger partial charge in [0.25, 0.3) is 0 Å². The Morgan fingerprint density at radius 2 is 1.68 bits per heavy atom. The summed E-state index contributed by atoms with van der Waals surface area (Å²) >= 11 is 2.87. The van der Waals surface area contributed by atoms with Crippen molar-refractivity contribution < 1.29 is 14.4 Å². The van der Waals surface area contributed by atoms with Crippen molar-refractivity contribution in [2.45, 2.75) is 17.2 Å². The van der Waals surface area contributed by atoms with Crippen LogP contribution in [0.3, 0.4) is 0 Å². The minimum Gasteiger partial charge on any atom is -0.325 e. The molecule has 1 atom stereocenters. The summed E-state index contributed by atoms with van der Waals surface area (Å²) in [6.07, 6.45) is 1.50. The van der Waals surface area contributed by atoms with E-state index in [1.54, 1.807) is 49.4 Å². The van der Waals surface area contributed by atoms with Crippen LogP contribution in [0.1, 0.15) is 38.8 Å². The quantitative estimate of drug-likeness (QED) is 0.322. The summed E-state index contributed by atoms with van der Waals surface area (Å²) in [6, 6.07) is 13.5. The van der Waals surface area contributed by atoms with E-state index in [-0.39, 0.29) is 17.5 Å². The number of aromatic nitrogens is 2. The molecule has 6 nitrogen and oxygen atoms in total. The Hall–Kier alpha value is -3.36. The van der Waals surface area contributed by atoms with Crippen LogP contribution in [0.25, 0.3) is 10.2 Å². The monoisotopic (exact) mass is 445 g/mol. The van der Waals surface area contributed by atoms with E-state index in [9.17, 15) is 14.4 Å². The molecule has 0 bridgehead atoms. The number of fused-ring (bicyclic) bond motifs is 3. The van der Waals surface area contributed by atoms with Gasteiger partial charge in [-0.2, -0.15) is 0 Å². The summed E-state index contributed by atoms with van der Waals surface area (Å²) < 4.78 is 0. The number of hydrogen-bond donors (Lipinski definition) is 1. The summed E-state index contributed by atoms with van der Waals surface area (Å²) in [7, 11) is 0. The van der Waals surface area contributed by atoms with Crippen molar-refractivity contribution in [2.75, 3.05) is 5.32 Å². The van der Waals surface area contributed by atoms with Crippen molar-refractivity contribution in [2.24, 2.45) is 0 Å². The van der Waals surface area contributed by atoms with Gasteiger partial charge in [0.2, 0.25) is 5.91 Å². The number of rotatable bonds is 4. The molecule has 0 saturated carbocycles. The number of amides is 1. The predicted octanol–water partition coefficient (Wildman–Crippen LogP) is 4.59. The van der Waals surface area contributed by atoms with Gasteiger partial charge in [0.05, 0.1) is 5.25 Å². The molecule has 0 spiro atoms. The molecule has 5 rings (SSSR count). The molecular weight excluding hydrogens is 430 g/mol. The van der Waals surface area contributed by atoms with Gasteiger partial charge in [0.1, 0.15) is 16.2 Å². The zero-order chi connectivity index (χ0) is 21.5. The van der Waals surface area contributed by atoms with E-state index in [0.29, 0.717) is 27.9 Å². The van der Waals surface area contributed by atoms with Gasteiger partial charge in [-0.15, -0.1) is 11.3 Å². The number of carbonyl (C=O) groups is 3. The van der Waals surface area contributed by atoms with Gasteiger partial charge in [-0.05, 0) is 36.6 Å². The third-order valence-electron chi connectivity index (χ3n) is 5.08. The Morgan fingerprint density at radius 1 is 0.968 bits per heavy atom. The van der Waals surface area contributed by atoms with E-state index >= 15 is 0 Å². The van der Waals surface area contributed by atoms with Crippen LogP contribution in [0.5, 0.6) is 0 Å². The van der Waals surface area contributed by atoms with E-state index in [1.807, 2.05) is 11.4 Å². The van der Waals surface area contributed by atoms with Crippen molar-refractivity contribution in [3.8, 4) is 0 Å². The molecule has 1 aliphatic rings. The molecular formula is C23H15N3O3S2. The molecule has 2 heterocycles. The van der Waals surface area contributed by atoms with Gasteiger partial charge >= 0.3 is 0 Å². The average molecular weight is 446 g/mol. The minimum atomic E-state index is -0.424. The first-order valence-corrected chi connectivity index (χ1v) is 11.3. The highest BCUT2D eigenvalue weighted by atomic mass is 32.2. The minimum absolute atomic E-state index is 0.185. The van der Waals surface area contributed by atoms with Crippen LogP contribution in [-0.2, 0) is 4.79 Å². The molecule has 0 radical (unpaired) electrons. The summed E-state index contributed by atoms with van der Waals surface area (Å²) in [5, 5.41) is 6.04. The summed E-state index contributed by atoms with van der Waals surface area (Å²) in [4.78, 5) is 47.8. The van der Waals surface area contributed by atoms with Crippen LogP contribution >= 0.6 is 23.1 Å². The zero-order valence-electron chi connectivity index (χ0n) is 16.3. The molecule has 1 N–H and O–H groups in total. The molecule has 2 aromatic heterocycles. The fraction of sp³-hybridized carbons (Fsp3) is 0.0870.